The molecule has 1 unspecified atom stereocenters. The second-order valence-electron chi connectivity index (χ2n) is 2.55. The summed E-state index contributed by atoms with van der Waals surface area (Å²) in [5.74, 6) is 0. The maximum absolute atomic E-state index is 5.35. The molecule has 1 fully saturated rings. The predicted octanol–water partition coefficient (Wildman–Crippen LogP) is 1.42. The van der Waals surface area contributed by atoms with Crippen molar-refractivity contribution >= 4 is 0 Å². The van der Waals surface area contributed by atoms with E-state index in [1.807, 2.05) is 6.92 Å². The average molecular weight is 129 g/mol. The minimum absolute atomic E-state index is 0.643. The molecule has 0 aromatic carbocycles. The first kappa shape index (κ1) is 7.03. The summed E-state index contributed by atoms with van der Waals surface area (Å²) < 4.78 is 0. The van der Waals surface area contributed by atoms with Gasteiger partial charge in [0.25, 0.3) is 0 Å². The highest BCUT2D eigenvalue weighted by Gasteiger charge is 2.19. The maximum Gasteiger partial charge on any atom is 0.0657 e. The molecule has 1 heterocycles. The van der Waals surface area contributed by atoms with Crippen molar-refractivity contribution in [3.8, 4) is 0 Å². The van der Waals surface area contributed by atoms with Gasteiger partial charge in [0.05, 0.1) is 6.61 Å². The maximum atomic E-state index is 5.35. The van der Waals surface area contributed by atoms with E-state index in [1.54, 1.807) is 0 Å². The lowest BCUT2D eigenvalue weighted by Crippen LogP contribution is -2.26. The SMILES string of the molecule is CCON1CCCC1C. The third kappa shape index (κ3) is 1.66. The molecule has 1 saturated heterocycles. The molecular formula is C7H15NO. The van der Waals surface area contributed by atoms with E-state index in [4.69, 9.17) is 4.84 Å². The molecule has 9 heavy (non-hydrogen) atoms. The van der Waals surface area contributed by atoms with E-state index in [2.05, 4.69) is 12.0 Å². The van der Waals surface area contributed by atoms with Crippen molar-refractivity contribution in [2.24, 2.45) is 0 Å². The van der Waals surface area contributed by atoms with Gasteiger partial charge in [0, 0.05) is 12.6 Å². The van der Waals surface area contributed by atoms with Gasteiger partial charge in [-0.1, -0.05) is 0 Å². The van der Waals surface area contributed by atoms with Crippen molar-refractivity contribution < 1.29 is 4.84 Å². The van der Waals surface area contributed by atoms with Crippen LogP contribution >= 0.6 is 0 Å². The molecule has 0 spiro atoms. The van der Waals surface area contributed by atoms with Crippen molar-refractivity contribution in [2.45, 2.75) is 32.7 Å². The zero-order valence-corrected chi connectivity index (χ0v) is 6.26. The second-order valence-corrected chi connectivity index (χ2v) is 2.55. The van der Waals surface area contributed by atoms with E-state index in [0.717, 1.165) is 13.2 Å². The van der Waals surface area contributed by atoms with Crippen LogP contribution in [-0.4, -0.2) is 24.3 Å². The number of hydroxylamine groups is 2. The molecule has 2 nitrogen and oxygen atoms in total. The molecule has 0 radical (unpaired) electrons. The third-order valence-corrected chi connectivity index (χ3v) is 1.79. The van der Waals surface area contributed by atoms with Crippen LogP contribution in [-0.2, 0) is 4.84 Å². The Morgan fingerprint density at radius 2 is 2.44 bits per heavy atom. The van der Waals surface area contributed by atoms with E-state index >= 15 is 0 Å². The van der Waals surface area contributed by atoms with Crippen molar-refractivity contribution in [2.75, 3.05) is 13.2 Å². The quantitative estimate of drug-likeness (QED) is 0.559. The molecular weight excluding hydrogens is 114 g/mol. The van der Waals surface area contributed by atoms with Gasteiger partial charge in [-0.3, -0.25) is 4.84 Å². The Hall–Kier alpha value is -0.0800. The Morgan fingerprint density at radius 1 is 1.67 bits per heavy atom. The first-order chi connectivity index (χ1) is 4.34. The largest absolute Gasteiger partial charge is 0.299 e. The highest BCUT2D eigenvalue weighted by Crippen LogP contribution is 2.15. The van der Waals surface area contributed by atoms with Gasteiger partial charge in [-0.05, 0) is 26.7 Å². The minimum atomic E-state index is 0.643. The van der Waals surface area contributed by atoms with Gasteiger partial charge in [0.15, 0.2) is 0 Å². The molecule has 1 rings (SSSR count). The van der Waals surface area contributed by atoms with Crippen LogP contribution in [0, 0.1) is 0 Å². The first-order valence-corrected chi connectivity index (χ1v) is 3.74. The summed E-state index contributed by atoms with van der Waals surface area (Å²) in [7, 11) is 0. The molecule has 0 aliphatic carbocycles. The topological polar surface area (TPSA) is 12.5 Å². The minimum Gasteiger partial charge on any atom is -0.299 e. The van der Waals surface area contributed by atoms with Crippen LogP contribution in [0.4, 0.5) is 0 Å². The van der Waals surface area contributed by atoms with E-state index < -0.39 is 0 Å². The summed E-state index contributed by atoms with van der Waals surface area (Å²) in [6.45, 7) is 6.17. The predicted molar refractivity (Wildman–Crippen MR) is 37.0 cm³/mol. The smallest absolute Gasteiger partial charge is 0.0657 e. The van der Waals surface area contributed by atoms with Crippen molar-refractivity contribution in [1.29, 1.82) is 0 Å². The molecule has 0 aromatic heterocycles. The van der Waals surface area contributed by atoms with E-state index in [-0.39, 0.29) is 0 Å². The van der Waals surface area contributed by atoms with Crippen LogP contribution in [0.1, 0.15) is 26.7 Å². The summed E-state index contributed by atoms with van der Waals surface area (Å²) in [6, 6.07) is 0.643. The average Bonchev–Trinajstić information content (AvgIpc) is 2.18. The van der Waals surface area contributed by atoms with Gasteiger partial charge >= 0.3 is 0 Å². The summed E-state index contributed by atoms with van der Waals surface area (Å²) in [5.41, 5.74) is 0. The van der Waals surface area contributed by atoms with Crippen LogP contribution in [0.2, 0.25) is 0 Å². The fraction of sp³-hybridized carbons (Fsp3) is 1.00. The highest BCUT2D eigenvalue weighted by molar-refractivity contribution is 4.67. The van der Waals surface area contributed by atoms with Gasteiger partial charge in [0.2, 0.25) is 0 Å². The second kappa shape index (κ2) is 3.18. The van der Waals surface area contributed by atoms with Crippen LogP contribution < -0.4 is 0 Å². The Balaban J connectivity index is 2.22. The molecule has 0 aromatic rings. The van der Waals surface area contributed by atoms with Gasteiger partial charge in [-0.2, -0.15) is 5.06 Å². The van der Waals surface area contributed by atoms with E-state index in [1.165, 1.54) is 12.8 Å². The number of rotatable bonds is 2. The molecule has 0 amide bonds. The zero-order chi connectivity index (χ0) is 6.69. The van der Waals surface area contributed by atoms with Crippen LogP contribution in [0.25, 0.3) is 0 Å². The van der Waals surface area contributed by atoms with E-state index in [0.29, 0.717) is 6.04 Å². The standard InChI is InChI=1S/C7H15NO/c1-3-9-8-6-4-5-7(8)2/h7H,3-6H2,1-2H3. The summed E-state index contributed by atoms with van der Waals surface area (Å²) >= 11 is 0. The Morgan fingerprint density at radius 3 is 2.89 bits per heavy atom. The van der Waals surface area contributed by atoms with Crippen LogP contribution in [0.5, 0.6) is 0 Å². The molecule has 1 aliphatic heterocycles. The van der Waals surface area contributed by atoms with Gasteiger partial charge < -0.3 is 0 Å². The van der Waals surface area contributed by atoms with Crippen molar-refractivity contribution in [3.05, 3.63) is 0 Å². The number of hydrogen-bond acceptors (Lipinski definition) is 2. The lowest BCUT2D eigenvalue weighted by atomic mass is 10.3. The molecule has 0 bridgehead atoms. The number of hydrogen-bond donors (Lipinski definition) is 0. The Kier molecular flexibility index (Phi) is 2.49. The lowest BCUT2D eigenvalue weighted by Gasteiger charge is -2.18. The van der Waals surface area contributed by atoms with Gasteiger partial charge in [0.1, 0.15) is 0 Å². The molecule has 0 N–H and O–H groups in total. The fourth-order valence-corrected chi connectivity index (χ4v) is 1.26. The lowest BCUT2D eigenvalue weighted by molar-refractivity contribution is -0.160. The Bertz CT molecular complexity index is 85.0. The first-order valence-electron chi connectivity index (χ1n) is 3.74. The third-order valence-electron chi connectivity index (χ3n) is 1.79. The molecule has 2 heteroatoms. The van der Waals surface area contributed by atoms with Crippen molar-refractivity contribution in [1.82, 2.24) is 5.06 Å². The van der Waals surface area contributed by atoms with Crippen LogP contribution in [0.3, 0.4) is 0 Å². The van der Waals surface area contributed by atoms with E-state index in [9.17, 15) is 0 Å². The zero-order valence-electron chi connectivity index (χ0n) is 6.26. The monoisotopic (exact) mass is 129 g/mol. The molecule has 54 valence electrons. The van der Waals surface area contributed by atoms with Crippen molar-refractivity contribution in [3.63, 3.8) is 0 Å². The molecule has 1 aliphatic rings. The van der Waals surface area contributed by atoms with Gasteiger partial charge in [-0.15, -0.1) is 0 Å². The summed E-state index contributed by atoms with van der Waals surface area (Å²) in [4.78, 5) is 5.35. The highest BCUT2D eigenvalue weighted by atomic mass is 16.7. The molecule has 1 atom stereocenters. The van der Waals surface area contributed by atoms with Crippen LogP contribution in [0.15, 0.2) is 0 Å². The number of nitrogens with zero attached hydrogens (tertiary/aromatic N) is 1. The summed E-state index contributed by atoms with van der Waals surface area (Å²) in [6.07, 6.45) is 2.58. The normalized spacial score (nSPS) is 29.3. The molecule has 0 saturated carbocycles. The fourth-order valence-electron chi connectivity index (χ4n) is 1.26. The van der Waals surface area contributed by atoms with Gasteiger partial charge in [-0.25, -0.2) is 0 Å². The Labute approximate surface area is 56.8 Å². The summed E-state index contributed by atoms with van der Waals surface area (Å²) in [5, 5.41) is 2.08.